The number of rotatable bonds is 21. The fourth-order valence-electron chi connectivity index (χ4n) is 4.16. The van der Waals surface area contributed by atoms with Crippen LogP contribution < -0.4 is 0 Å². The van der Waals surface area contributed by atoms with Crippen LogP contribution >= 0.6 is 13.5 Å². The van der Waals surface area contributed by atoms with E-state index in [0.29, 0.717) is 0 Å². The average molecular weight is 403 g/mol. The summed E-state index contributed by atoms with van der Waals surface area (Å²) in [5.41, 5.74) is 0. The summed E-state index contributed by atoms with van der Waals surface area (Å²) in [5, 5.41) is 0. The molecule has 27 heavy (non-hydrogen) atoms. The van der Waals surface area contributed by atoms with Crippen molar-refractivity contribution >= 4 is 13.5 Å². The van der Waals surface area contributed by atoms with Crippen LogP contribution in [-0.2, 0) is 0 Å². The highest BCUT2D eigenvalue weighted by Gasteiger charge is 2.20. The van der Waals surface area contributed by atoms with E-state index in [9.17, 15) is 0 Å². The minimum Gasteiger partial charge on any atom is -0.326 e. The predicted octanol–water partition coefficient (Wildman–Crippen LogP) is 8.63. The minimum atomic E-state index is 0. The van der Waals surface area contributed by atoms with Gasteiger partial charge in [0.2, 0.25) is 0 Å². The van der Waals surface area contributed by atoms with E-state index in [-0.39, 0.29) is 13.5 Å². The molecule has 166 valence electrons. The molecule has 0 N–H and O–H groups in total. The molecule has 0 aromatic heterocycles. The van der Waals surface area contributed by atoms with Gasteiger partial charge in [-0.1, -0.05) is 97.8 Å². The second kappa shape index (κ2) is 22.6. The Bertz CT molecular complexity index is 226. The van der Waals surface area contributed by atoms with Gasteiger partial charge >= 0.3 is 0 Å². The Balaban J connectivity index is 0. The van der Waals surface area contributed by atoms with Crippen molar-refractivity contribution in [3.05, 3.63) is 0 Å². The monoisotopic (exact) mass is 402 g/mol. The van der Waals surface area contributed by atoms with Crippen molar-refractivity contribution in [2.24, 2.45) is 0 Å². The smallest absolute Gasteiger partial charge is 0.0784 e. The summed E-state index contributed by atoms with van der Waals surface area (Å²) in [6, 6.07) is 0. The van der Waals surface area contributed by atoms with Gasteiger partial charge < -0.3 is 4.48 Å². The summed E-state index contributed by atoms with van der Waals surface area (Å²) in [7, 11) is 2.56. The molecule has 1 nitrogen and oxygen atoms in total. The van der Waals surface area contributed by atoms with Gasteiger partial charge in [0, 0.05) is 0 Å². The van der Waals surface area contributed by atoms with E-state index < -0.39 is 0 Å². The first-order valence-corrected chi connectivity index (χ1v) is 12.5. The fraction of sp³-hybridized carbons (Fsp3) is 1.00. The van der Waals surface area contributed by atoms with Crippen molar-refractivity contribution in [2.45, 2.75) is 136 Å². The van der Waals surface area contributed by atoms with Crippen LogP contribution in [0.2, 0.25) is 0 Å². The highest BCUT2D eigenvalue weighted by molar-refractivity contribution is 7.59. The van der Waals surface area contributed by atoms with Crippen molar-refractivity contribution in [3.8, 4) is 0 Å². The maximum Gasteiger partial charge on any atom is 0.0784 e. The molecule has 0 saturated carbocycles. The van der Waals surface area contributed by atoms with Crippen LogP contribution in [0.3, 0.4) is 0 Å². The van der Waals surface area contributed by atoms with Crippen LogP contribution in [-0.4, -0.2) is 31.2 Å². The summed E-state index contributed by atoms with van der Waals surface area (Å²) in [4.78, 5) is 0. The summed E-state index contributed by atoms with van der Waals surface area (Å²) in [6.45, 7) is 11.2. The molecule has 0 heterocycles. The summed E-state index contributed by atoms with van der Waals surface area (Å²) in [5.74, 6) is 0. The second-order valence-corrected chi connectivity index (χ2v) is 9.09. The van der Waals surface area contributed by atoms with Gasteiger partial charge in [-0.15, -0.1) is 0 Å². The van der Waals surface area contributed by atoms with Crippen molar-refractivity contribution in [1.82, 2.24) is 0 Å². The molecule has 0 radical (unpaired) electrons. The first kappa shape index (κ1) is 29.5. The Morgan fingerprint density at radius 3 is 0.852 bits per heavy atom. The molecule has 0 amide bonds. The van der Waals surface area contributed by atoms with E-state index >= 15 is 0 Å². The van der Waals surface area contributed by atoms with Crippen LogP contribution in [0.1, 0.15) is 136 Å². The minimum absolute atomic E-state index is 0. The lowest BCUT2D eigenvalue weighted by Crippen LogP contribution is -2.46. The van der Waals surface area contributed by atoms with Gasteiger partial charge in [0.05, 0.1) is 26.7 Å². The summed E-state index contributed by atoms with van der Waals surface area (Å²) < 4.78 is 1.36. The van der Waals surface area contributed by atoms with Gasteiger partial charge in [0.15, 0.2) is 0 Å². The SMILES string of the molecule is CCCCCCCC[N+](C)(CCCCCCCC)CCCCCCCC.S. The second-order valence-electron chi connectivity index (χ2n) is 9.09. The Morgan fingerprint density at radius 2 is 0.593 bits per heavy atom. The topological polar surface area (TPSA) is 0 Å². The quantitative estimate of drug-likeness (QED) is 0.133. The van der Waals surface area contributed by atoms with Gasteiger partial charge in [-0.25, -0.2) is 0 Å². The van der Waals surface area contributed by atoms with Crippen molar-refractivity contribution in [2.75, 3.05) is 26.7 Å². The van der Waals surface area contributed by atoms with Gasteiger partial charge in [-0.05, 0) is 38.5 Å². The number of hydrogen-bond donors (Lipinski definition) is 0. The van der Waals surface area contributed by atoms with E-state index in [4.69, 9.17) is 0 Å². The van der Waals surface area contributed by atoms with Crippen LogP contribution in [0.4, 0.5) is 0 Å². The molecule has 0 rings (SSSR count). The van der Waals surface area contributed by atoms with Gasteiger partial charge in [0.25, 0.3) is 0 Å². The molecule has 0 aromatic carbocycles. The molecule has 0 bridgehead atoms. The standard InChI is InChI=1S/C25H54N.H2S/c1-5-8-11-14-17-20-23-26(4,24-21-18-15-12-9-6-2)25-22-19-16-13-10-7-3;/h5-25H2,1-4H3;1H2/q+1;. The molecule has 0 aromatic rings. The molecule has 0 saturated heterocycles. The molecule has 0 aliphatic heterocycles. The zero-order chi connectivity index (χ0) is 19.3. The first-order chi connectivity index (χ1) is 12.7. The number of unbranched alkanes of at least 4 members (excludes halogenated alkanes) is 15. The molecule has 2 heteroatoms. The third-order valence-electron chi connectivity index (χ3n) is 6.15. The molecular weight excluding hydrogens is 346 g/mol. The molecule has 0 unspecified atom stereocenters. The highest BCUT2D eigenvalue weighted by atomic mass is 32.1. The number of nitrogens with zero attached hydrogens (tertiary/aromatic N) is 1. The molecule has 0 aliphatic carbocycles. The lowest BCUT2D eigenvalue weighted by molar-refractivity contribution is -0.910. The normalized spacial score (nSPS) is 11.6. The first-order valence-electron chi connectivity index (χ1n) is 12.5. The Kier molecular flexibility index (Phi) is 24.7. The van der Waals surface area contributed by atoms with Crippen molar-refractivity contribution < 1.29 is 4.48 Å². The maximum atomic E-state index is 2.56. The molecule has 0 fully saturated rings. The van der Waals surface area contributed by atoms with Crippen LogP contribution in [0.5, 0.6) is 0 Å². The van der Waals surface area contributed by atoms with E-state index in [1.54, 1.807) is 0 Å². The molecule has 0 spiro atoms. The van der Waals surface area contributed by atoms with Gasteiger partial charge in [-0.2, -0.15) is 13.5 Å². The summed E-state index contributed by atoms with van der Waals surface area (Å²) in [6.07, 6.45) is 25.9. The third-order valence-corrected chi connectivity index (χ3v) is 6.15. The van der Waals surface area contributed by atoms with E-state index in [1.165, 1.54) is 140 Å². The van der Waals surface area contributed by atoms with Gasteiger partial charge in [-0.3, -0.25) is 0 Å². The average Bonchev–Trinajstić information content (AvgIpc) is 2.64. The zero-order valence-corrected chi connectivity index (χ0v) is 20.8. The third kappa shape index (κ3) is 20.8. The maximum absolute atomic E-state index is 2.56. The van der Waals surface area contributed by atoms with E-state index in [0.717, 1.165) is 0 Å². The molecular formula is C25H56NS+. The fourth-order valence-corrected chi connectivity index (χ4v) is 4.16. The Labute approximate surface area is 181 Å². The largest absolute Gasteiger partial charge is 0.326 e. The van der Waals surface area contributed by atoms with Crippen molar-refractivity contribution in [1.29, 1.82) is 0 Å². The molecule has 0 aliphatic rings. The number of quaternary nitrogens is 1. The lowest BCUT2D eigenvalue weighted by Gasteiger charge is -2.35. The van der Waals surface area contributed by atoms with E-state index in [1.807, 2.05) is 0 Å². The Hall–Kier alpha value is 0.310. The van der Waals surface area contributed by atoms with E-state index in [2.05, 4.69) is 27.8 Å². The predicted molar refractivity (Wildman–Crippen MR) is 131 cm³/mol. The van der Waals surface area contributed by atoms with Crippen molar-refractivity contribution in [3.63, 3.8) is 0 Å². The lowest BCUT2D eigenvalue weighted by atomic mass is 10.1. The van der Waals surface area contributed by atoms with Crippen LogP contribution in [0.15, 0.2) is 0 Å². The van der Waals surface area contributed by atoms with Gasteiger partial charge in [0.1, 0.15) is 0 Å². The number of hydrogen-bond acceptors (Lipinski definition) is 0. The highest BCUT2D eigenvalue weighted by Crippen LogP contribution is 2.16. The van der Waals surface area contributed by atoms with Crippen LogP contribution in [0.25, 0.3) is 0 Å². The zero-order valence-electron chi connectivity index (χ0n) is 19.8. The van der Waals surface area contributed by atoms with Crippen LogP contribution in [0, 0.1) is 0 Å². The summed E-state index contributed by atoms with van der Waals surface area (Å²) >= 11 is 0. The molecule has 0 atom stereocenters. The Morgan fingerprint density at radius 1 is 0.370 bits per heavy atom.